The Kier molecular flexibility index (Phi) is 20.8. The van der Waals surface area contributed by atoms with E-state index in [0.29, 0.717) is 107 Å². The third-order valence-corrected chi connectivity index (χ3v) is 20.5. The van der Waals surface area contributed by atoms with Crippen molar-refractivity contribution in [1.29, 1.82) is 0 Å². The van der Waals surface area contributed by atoms with Gasteiger partial charge in [0.2, 0.25) is 0 Å². The Morgan fingerprint density at radius 1 is 0.881 bits per heavy atom. The lowest BCUT2D eigenvalue weighted by Crippen LogP contribution is -2.46. The van der Waals surface area contributed by atoms with E-state index in [9.17, 15) is 35.0 Å². The summed E-state index contributed by atoms with van der Waals surface area (Å²) < 4.78 is 164. The summed E-state index contributed by atoms with van der Waals surface area (Å²) in [7, 11) is -12.8. The number of rotatable bonds is 23. The molecule has 0 bridgehead atoms. The second-order valence-corrected chi connectivity index (χ2v) is 28.8. The maximum Gasteiger partial charge on any atom is 0.418 e. The number of carbonyl (C=O) groups is 1. The van der Waals surface area contributed by atoms with Crippen molar-refractivity contribution < 1.29 is 67.0 Å². The van der Waals surface area contributed by atoms with Gasteiger partial charge in [-0.15, -0.1) is 11.8 Å². The van der Waals surface area contributed by atoms with Gasteiger partial charge in [-0.3, -0.25) is 22.6 Å². The van der Waals surface area contributed by atoms with E-state index in [2.05, 4.69) is 4.72 Å². The van der Waals surface area contributed by atoms with Crippen LogP contribution < -0.4 is 18.8 Å². The van der Waals surface area contributed by atoms with Crippen molar-refractivity contribution in [3.8, 4) is 22.4 Å². The Morgan fingerprint density at radius 2 is 1.51 bits per heavy atom. The van der Waals surface area contributed by atoms with Crippen molar-refractivity contribution in [2.45, 2.75) is 79.4 Å². The summed E-state index contributed by atoms with van der Waals surface area (Å²) in [6.45, 7) is 8.21. The summed E-state index contributed by atoms with van der Waals surface area (Å²) in [5, 5.41) is 0.497. The van der Waals surface area contributed by atoms with Gasteiger partial charge in [0.15, 0.2) is 9.84 Å². The maximum atomic E-state index is 15.8. The molecule has 84 heavy (non-hydrogen) atoms. The molecule has 3 N–H and O–H groups in total. The first kappa shape index (κ1) is 64.5. The number of nitrogens with zero attached hydrogens (tertiary/aromatic N) is 5. The van der Waals surface area contributed by atoms with Crippen LogP contribution in [-0.2, 0) is 51.4 Å². The van der Waals surface area contributed by atoms with Crippen LogP contribution in [0.15, 0.2) is 130 Å². The molecule has 0 radical (unpaired) electrons. The summed E-state index contributed by atoms with van der Waals surface area (Å²) in [6, 6.07) is 27.6. The standard InChI is InChI=1S/C57H66ClF4N6O11PS4/c1-38(2)67-39(3)55(83(4,75)76)53(54(67)40-11-13-43(58)14-12-40)42-33-44(59)35-48(34-42)66-29-27-65(28-30-66)46-17-15-45(16-18-46)63-84(77,78)50-19-20-52(51(36-50)57(60,61)62)68(82(73)74)47(37-81-49-9-6-5-7-10-49)23-26-64-24-21-41(22-25-64)56(69)79-31-8-32-80(70,71)72/h5-7,9-20,33-36,38,41,47,63H,8,21-32,37H2,1-4H3,(H,73,74)(H2,70,71,72)/p-1. The van der Waals surface area contributed by atoms with E-state index >= 15 is 17.6 Å². The van der Waals surface area contributed by atoms with Crippen molar-refractivity contribution in [2.75, 3.05) is 89.4 Å². The van der Waals surface area contributed by atoms with Crippen LogP contribution in [0.5, 0.6) is 0 Å². The van der Waals surface area contributed by atoms with E-state index in [-0.39, 0.29) is 48.4 Å². The van der Waals surface area contributed by atoms with Crippen LogP contribution in [0.1, 0.15) is 56.8 Å². The molecular weight excluding hydrogens is 1220 g/mol. The second kappa shape index (κ2) is 27.1. The Morgan fingerprint density at radius 3 is 2.10 bits per heavy atom. The largest absolute Gasteiger partial charge is 0.755 e. The van der Waals surface area contributed by atoms with Gasteiger partial charge in [-0.25, -0.2) is 21.2 Å². The predicted molar refractivity (Wildman–Crippen MR) is 320 cm³/mol. The van der Waals surface area contributed by atoms with E-state index < -0.39 is 91.0 Å². The van der Waals surface area contributed by atoms with Gasteiger partial charge in [-0.2, -0.15) is 13.2 Å². The van der Waals surface area contributed by atoms with E-state index in [4.69, 9.17) is 26.1 Å². The number of ether oxygens (including phenoxy) is 1. The molecule has 2 saturated heterocycles. The molecule has 0 spiro atoms. The average Bonchev–Trinajstić information content (AvgIpc) is 2.75. The number of piperazine rings is 1. The van der Waals surface area contributed by atoms with Gasteiger partial charge in [0.1, 0.15) is 5.82 Å². The van der Waals surface area contributed by atoms with Crippen LogP contribution in [0.2, 0.25) is 5.02 Å². The quantitative estimate of drug-likeness (QED) is 0.0136. The number of carbonyl (C=O) groups excluding carboxylic acids is 1. The number of piperidine rings is 1. The van der Waals surface area contributed by atoms with Gasteiger partial charge in [0.05, 0.1) is 51.5 Å². The van der Waals surface area contributed by atoms with E-state index in [0.717, 1.165) is 23.3 Å². The zero-order valence-electron chi connectivity index (χ0n) is 46.4. The van der Waals surface area contributed by atoms with Crippen molar-refractivity contribution in [1.82, 2.24) is 9.47 Å². The van der Waals surface area contributed by atoms with Crippen molar-refractivity contribution in [2.24, 2.45) is 5.92 Å². The first-order valence-electron chi connectivity index (χ1n) is 26.9. The first-order chi connectivity index (χ1) is 39.6. The molecule has 0 aliphatic carbocycles. The first-order valence-corrected chi connectivity index (χ1v) is 34.5. The van der Waals surface area contributed by atoms with Gasteiger partial charge in [-0.1, -0.05) is 41.9 Å². The molecule has 2 atom stereocenters. The summed E-state index contributed by atoms with van der Waals surface area (Å²) >= 11 is 4.20. The number of halogens is 5. The van der Waals surface area contributed by atoms with E-state index in [1.165, 1.54) is 36.0 Å². The lowest BCUT2D eigenvalue weighted by atomic mass is 9.96. The molecule has 6 aromatic rings. The maximum absolute atomic E-state index is 15.8. The monoisotopic (exact) mass is 1280 g/mol. The number of thioether (sulfide) groups is 1. The molecule has 5 aromatic carbocycles. The molecule has 0 saturated carbocycles. The molecule has 2 aliphatic heterocycles. The lowest BCUT2D eigenvalue weighted by Gasteiger charge is -2.38. The van der Waals surface area contributed by atoms with Crippen LogP contribution in [0.4, 0.5) is 40.3 Å². The molecule has 2 aliphatic rings. The predicted octanol–water partition coefficient (Wildman–Crippen LogP) is 11.0. The zero-order valence-corrected chi connectivity index (χ0v) is 51.3. The number of anilines is 4. The highest BCUT2D eigenvalue weighted by molar-refractivity contribution is 7.99. The van der Waals surface area contributed by atoms with E-state index in [1.54, 1.807) is 79.7 Å². The number of aromatic nitrogens is 1. The molecule has 17 nitrogen and oxygen atoms in total. The fraction of sp³-hybridized carbons (Fsp3) is 0.386. The smallest absolute Gasteiger partial charge is 0.418 e. The molecule has 2 unspecified atom stereocenters. The van der Waals surface area contributed by atoms with Gasteiger partial charge < -0.3 is 38.3 Å². The summed E-state index contributed by atoms with van der Waals surface area (Å²) in [6.07, 6.45) is -3.71. The molecule has 3 heterocycles. The lowest BCUT2D eigenvalue weighted by molar-refractivity contribution is -0.150. The zero-order chi connectivity index (χ0) is 60.9. The number of sulfonamides is 1. The summed E-state index contributed by atoms with van der Waals surface area (Å²) in [4.78, 5) is 36.9. The van der Waals surface area contributed by atoms with Crippen molar-refractivity contribution in [3.63, 3.8) is 0 Å². The highest BCUT2D eigenvalue weighted by Gasteiger charge is 2.39. The molecule has 8 rings (SSSR count). The minimum atomic E-state index is -5.21. The molecule has 2 fully saturated rings. The molecule has 454 valence electrons. The fourth-order valence-electron chi connectivity index (χ4n) is 10.8. The van der Waals surface area contributed by atoms with Crippen LogP contribution in [0, 0.1) is 18.7 Å². The highest BCUT2D eigenvalue weighted by atomic mass is 35.5. The Balaban J connectivity index is 0.955. The van der Waals surface area contributed by atoms with E-state index in [1.807, 2.05) is 33.1 Å². The van der Waals surface area contributed by atoms with Gasteiger partial charge >= 0.3 is 19.7 Å². The summed E-state index contributed by atoms with van der Waals surface area (Å²) in [5.74, 6) is -1.53. The Bertz CT molecular complexity index is 3600. The number of sulfone groups is 1. The molecule has 0 amide bonds. The molecule has 27 heteroatoms. The average molecular weight is 1280 g/mol. The highest BCUT2D eigenvalue weighted by Crippen LogP contribution is 2.46. The van der Waals surface area contributed by atoms with Crippen LogP contribution in [-0.4, -0.2) is 127 Å². The minimum Gasteiger partial charge on any atom is -0.755 e. The third kappa shape index (κ3) is 16.1. The van der Waals surface area contributed by atoms with Crippen molar-refractivity contribution >= 4 is 90.8 Å². The third-order valence-electron chi connectivity index (χ3n) is 14.7. The number of nitrogens with one attached hydrogen (secondary N) is 1. The van der Waals surface area contributed by atoms with Crippen LogP contribution in [0.25, 0.3) is 22.4 Å². The Labute approximate surface area is 498 Å². The SMILES string of the molecule is Cc1c(S(C)(=O)=O)c(-c2cc(F)cc(N3CCN(c4ccc(NS(=O)(=O)c5ccc(N(C(CCN6CCC(C(=O)OCCCP(=O)(O)O)CC6)CSc6ccccc6)S(=O)[O-])c(C(F)(F)F)c5)cc4)CC3)c2)c(-c2ccc(Cl)cc2)n1C(C)C. The number of hydrogen-bond donors (Lipinski definition) is 3. The van der Waals surface area contributed by atoms with Gasteiger partial charge in [-0.05, 0) is 156 Å². The number of benzene rings is 5. The Hall–Kier alpha value is -5.47. The van der Waals surface area contributed by atoms with Crippen molar-refractivity contribution in [3.05, 3.63) is 137 Å². The number of hydrogen-bond acceptors (Lipinski definition) is 13. The normalized spacial score (nSPS) is 15.8. The van der Waals surface area contributed by atoms with Gasteiger partial charge in [0.25, 0.3) is 10.0 Å². The van der Waals surface area contributed by atoms with Gasteiger partial charge in [0, 0.05) is 100 Å². The topological polar surface area (TPSA) is 222 Å². The fourth-order valence-corrected chi connectivity index (χ4v) is 15.6. The molecule has 1 aromatic heterocycles. The molecular formula is C57H65ClF4N6O11PS4-. The summed E-state index contributed by atoms with van der Waals surface area (Å²) in [5.41, 5.74) is 1.60. The number of esters is 1. The van der Waals surface area contributed by atoms with Crippen LogP contribution in [0.3, 0.4) is 0 Å². The van der Waals surface area contributed by atoms with Crippen LogP contribution >= 0.6 is 31.0 Å². The second-order valence-electron chi connectivity index (χ2n) is 21.0. The number of alkyl halides is 3. The number of likely N-dealkylation sites (tertiary alicyclic amines) is 1. The minimum absolute atomic E-state index is 0.00529.